The molecule has 0 aliphatic rings. The van der Waals surface area contributed by atoms with Gasteiger partial charge in [0.05, 0.1) is 11.8 Å². The molecule has 15 heavy (non-hydrogen) atoms. The first-order chi connectivity index (χ1) is 7.45. The third kappa shape index (κ3) is 1.35. The van der Waals surface area contributed by atoms with Gasteiger partial charge < -0.3 is 9.51 Å². The van der Waals surface area contributed by atoms with Crippen molar-refractivity contribution in [1.82, 2.24) is 20.1 Å². The van der Waals surface area contributed by atoms with Gasteiger partial charge in [-0.15, -0.1) is 11.3 Å². The first kappa shape index (κ1) is 8.37. The quantitative estimate of drug-likeness (QED) is 0.715. The van der Waals surface area contributed by atoms with Crippen LogP contribution in [-0.4, -0.2) is 20.1 Å². The fraction of sp³-hybridized carbons (Fsp3) is 0. The molecule has 0 unspecified atom stereocenters. The lowest BCUT2D eigenvalue weighted by molar-refractivity contribution is 0.430. The van der Waals surface area contributed by atoms with E-state index in [4.69, 9.17) is 4.52 Å². The topological polar surface area (TPSA) is 67.6 Å². The maximum absolute atomic E-state index is 5.16. The summed E-state index contributed by atoms with van der Waals surface area (Å²) < 4.78 is 5.16. The summed E-state index contributed by atoms with van der Waals surface area (Å²) in [4.78, 5) is 11.3. The molecule has 0 saturated heterocycles. The van der Waals surface area contributed by atoms with Crippen LogP contribution in [0.5, 0.6) is 0 Å². The Morgan fingerprint density at radius 1 is 1.27 bits per heavy atom. The average molecular weight is 218 g/mol. The highest BCUT2D eigenvalue weighted by molar-refractivity contribution is 7.13. The second-order valence-electron chi connectivity index (χ2n) is 2.84. The highest BCUT2D eigenvalue weighted by Gasteiger charge is 2.15. The minimum absolute atomic E-state index is 0.620. The van der Waals surface area contributed by atoms with E-state index in [0.29, 0.717) is 11.6 Å². The van der Waals surface area contributed by atoms with Crippen LogP contribution in [0.2, 0.25) is 0 Å². The van der Waals surface area contributed by atoms with Crippen LogP contribution in [0.3, 0.4) is 0 Å². The minimum Gasteiger partial charge on any atom is -0.352 e. The zero-order valence-electron chi connectivity index (χ0n) is 7.54. The number of nitrogens with one attached hydrogen (secondary N) is 1. The molecule has 0 saturated carbocycles. The smallest absolute Gasteiger partial charge is 0.212 e. The van der Waals surface area contributed by atoms with E-state index in [1.165, 1.54) is 11.3 Å². The normalized spacial score (nSPS) is 10.7. The molecule has 0 aliphatic heterocycles. The lowest BCUT2D eigenvalue weighted by Crippen LogP contribution is -1.80. The summed E-state index contributed by atoms with van der Waals surface area (Å²) in [6, 6.07) is 0. The SMILES string of the molecule is c1c[nH]c(-c2oncc2-c2nccs2)n1. The predicted molar refractivity (Wildman–Crippen MR) is 55.2 cm³/mol. The van der Waals surface area contributed by atoms with Gasteiger partial charge >= 0.3 is 0 Å². The van der Waals surface area contributed by atoms with E-state index in [1.54, 1.807) is 24.8 Å². The van der Waals surface area contributed by atoms with E-state index in [0.717, 1.165) is 10.6 Å². The first-order valence-electron chi connectivity index (χ1n) is 4.29. The lowest BCUT2D eigenvalue weighted by Gasteiger charge is -1.92. The fourth-order valence-electron chi connectivity index (χ4n) is 1.31. The number of nitrogens with zero attached hydrogens (tertiary/aromatic N) is 3. The Balaban J connectivity index is 2.15. The van der Waals surface area contributed by atoms with Crippen LogP contribution in [0.15, 0.2) is 34.7 Å². The highest BCUT2D eigenvalue weighted by atomic mass is 32.1. The third-order valence-corrected chi connectivity index (χ3v) is 2.75. The summed E-state index contributed by atoms with van der Waals surface area (Å²) >= 11 is 1.54. The van der Waals surface area contributed by atoms with E-state index in [-0.39, 0.29) is 0 Å². The third-order valence-electron chi connectivity index (χ3n) is 1.95. The van der Waals surface area contributed by atoms with Crippen molar-refractivity contribution < 1.29 is 4.52 Å². The number of rotatable bonds is 2. The predicted octanol–water partition coefficient (Wildman–Crippen LogP) is 2.19. The number of hydrogen-bond donors (Lipinski definition) is 1. The summed E-state index contributed by atoms with van der Waals surface area (Å²) in [7, 11) is 0. The van der Waals surface area contributed by atoms with E-state index in [1.807, 2.05) is 5.38 Å². The Labute approximate surface area is 88.8 Å². The standard InChI is InChI=1S/C9H6N4OS/c1-2-11-8(10-1)7-6(5-13-14-7)9-12-3-4-15-9/h1-5H,(H,10,11). The molecule has 0 aromatic carbocycles. The fourth-order valence-corrected chi connectivity index (χ4v) is 1.95. The molecule has 6 heteroatoms. The van der Waals surface area contributed by atoms with Gasteiger partial charge in [0.25, 0.3) is 0 Å². The van der Waals surface area contributed by atoms with Crippen LogP contribution < -0.4 is 0 Å². The molecule has 3 aromatic heterocycles. The van der Waals surface area contributed by atoms with Crippen LogP contribution in [0.1, 0.15) is 0 Å². The van der Waals surface area contributed by atoms with Gasteiger partial charge in [0, 0.05) is 24.0 Å². The molecule has 0 bridgehead atoms. The molecule has 0 aliphatic carbocycles. The van der Waals surface area contributed by atoms with Crippen molar-refractivity contribution >= 4 is 11.3 Å². The number of thiazole rings is 1. The molecule has 3 rings (SSSR count). The summed E-state index contributed by atoms with van der Waals surface area (Å²) in [6.07, 6.45) is 6.81. The Bertz CT molecular complexity index is 492. The van der Waals surface area contributed by atoms with E-state index in [2.05, 4.69) is 20.1 Å². The molecule has 5 nitrogen and oxygen atoms in total. The van der Waals surface area contributed by atoms with Gasteiger partial charge in [-0.2, -0.15) is 0 Å². The van der Waals surface area contributed by atoms with Crippen LogP contribution in [0.25, 0.3) is 22.2 Å². The van der Waals surface area contributed by atoms with Crippen LogP contribution in [-0.2, 0) is 0 Å². The van der Waals surface area contributed by atoms with Gasteiger partial charge in [0.2, 0.25) is 5.76 Å². The highest BCUT2D eigenvalue weighted by Crippen LogP contribution is 2.30. The zero-order chi connectivity index (χ0) is 10.1. The molecule has 0 fully saturated rings. The second-order valence-corrected chi connectivity index (χ2v) is 3.74. The Morgan fingerprint density at radius 3 is 3.00 bits per heavy atom. The zero-order valence-corrected chi connectivity index (χ0v) is 8.36. The molecule has 1 N–H and O–H groups in total. The minimum atomic E-state index is 0.620. The molecule has 74 valence electrons. The van der Waals surface area contributed by atoms with E-state index < -0.39 is 0 Å². The molecular formula is C9H6N4OS. The van der Waals surface area contributed by atoms with Gasteiger partial charge in [-0.25, -0.2) is 9.97 Å². The maximum atomic E-state index is 5.16. The average Bonchev–Trinajstić information content (AvgIpc) is 3.01. The Morgan fingerprint density at radius 2 is 2.27 bits per heavy atom. The number of hydrogen-bond acceptors (Lipinski definition) is 5. The van der Waals surface area contributed by atoms with Crippen LogP contribution in [0.4, 0.5) is 0 Å². The van der Waals surface area contributed by atoms with Crippen molar-refractivity contribution in [3.05, 3.63) is 30.2 Å². The molecule has 3 heterocycles. The van der Waals surface area contributed by atoms with Crippen LogP contribution >= 0.6 is 11.3 Å². The van der Waals surface area contributed by atoms with E-state index in [9.17, 15) is 0 Å². The molecule has 0 radical (unpaired) electrons. The molecule has 0 atom stereocenters. The van der Waals surface area contributed by atoms with Gasteiger partial charge in [-0.1, -0.05) is 5.16 Å². The van der Waals surface area contributed by atoms with Crippen molar-refractivity contribution in [3.8, 4) is 22.2 Å². The summed E-state index contributed by atoms with van der Waals surface area (Å²) in [5, 5.41) is 6.55. The largest absolute Gasteiger partial charge is 0.352 e. The maximum Gasteiger partial charge on any atom is 0.212 e. The number of aromatic nitrogens is 4. The molecule has 3 aromatic rings. The number of aromatic amines is 1. The molecule has 0 spiro atoms. The van der Waals surface area contributed by atoms with Crippen molar-refractivity contribution in [3.63, 3.8) is 0 Å². The number of H-pyrrole nitrogens is 1. The van der Waals surface area contributed by atoms with Crippen LogP contribution in [0, 0.1) is 0 Å². The van der Waals surface area contributed by atoms with E-state index >= 15 is 0 Å². The Hall–Kier alpha value is -1.95. The van der Waals surface area contributed by atoms with Crippen molar-refractivity contribution in [2.24, 2.45) is 0 Å². The molecular weight excluding hydrogens is 212 g/mol. The van der Waals surface area contributed by atoms with Gasteiger partial charge in [0.15, 0.2) is 5.82 Å². The Kier molecular flexibility index (Phi) is 1.85. The monoisotopic (exact) mass is 218 g/mol. The summed E-state index contributed by atoms with van der Waals surface area (Å²) in [5.74, 6) is 1.28. The summed E-state index contributed by atoms with van der Waals surface area (Å²) in [6.45, 7) is 0. The van der Waals surface area contributed by atoms with Gasteiger partial charge in [-0.3, -0.25) is 0 Å². The first-order valence-corrected chi connectivity index (χ1v) is 5.17. The van der Waals surface area contributed by atoms with Crippen molar-refractivity contribution in [2.75, 3.05) is 0 Å². The summed E-state index contributed by atoms with van der Waals surface area (Å²) in [5.41, 5.74) is 0.861. The van der Waals surface area contributed by atoms with Gasteiger partial charge in [0.1, 0.15) is 5.01 Å². The molecule has 0 amide bonds. The van der Waals surface area contributed by atoms with Gasteiger partial charge in [-0.05, 0) is 0 Å². The van der Waals surface area contributed by atoms with Crippen molar-refractivity contribution in [2.45, 2.75) is 0 Å². The van der Waals surface area contributed by atoms with Crippen molar-refractivity contribution in [1.29, 1.82) is 0 Å². The number of imidazole rings is 1. The second kappa shape index (κ2) is 3.32. The lowest BCUT2D eigenvalue weighted by atomic mass is 10.2.